The maximum absolute atomic E-state index is 4.29. The first-order valence-electron chi connectivity index (χ1n) is 6.94. The molecule has 96 valence electrons. The first-order valence-corrected chi connectivity index (χ1v) is 6.94. The van der Waals surface area contributed by atoms with Gasteiger partial charge in [-0.05, 0) is 42.2 Å². The van der Waals surface area contributed by atoms with Crippen LogP contribution in [0.15, 0.2) is 48.8 Å². The van der Waals surface area contributed by atoms with Crippen LogP contribution in [0.25, 0.3) is 21.5 Å². The van der Waals surface area contributed by atoms with Gasteiger partial charge in [0.05, 0.1) is 0 Å². The summed E-state index contributed by atoms with van der Waals surface area (Å²) in [6, 6.07) is 13.6. The van der Waals surface area contributed by atoms with Gasteiger partial charge in [0.2, 0.25) is 0 Å². The Hall–Kier alpha value is -1.09. The third kappa shape index (κ3) is 2.32. The van der Waals surface area contributed by atoms with Gasteiger partial charge in [-0.3, -0.25) is 4.98 Å². The molecule has 0 spiro atoms. The van der Waals surface area contributed by atoms with Crippen LogP contribution in [0, 0.1) is 0 Å². The van der Waals surface area contributed by atoms with Crippen molar-refractivity contribution in [2.24, 2.45) is 0 Å². The largest absolute Gasteiger partial charge is 1.00 e. The molecule has 20 heavy (non-hydrogen) atoms. The van der Waals surface area contributed by atoms with Crippen LogP contribution < -0.4 is 34.9 Å². The molecule has 3 heteroatoms. The summed E-state index contributed by atoms with van der Waals surface area (Å²) in [5, 5.41) is 8.77. The van der Waals surface area contributed by atoms with E-state index in [1.165, 1.54) is 46.5 Å². The van der Waals surface area contributed by atoms with Crippen LogP contribution in [-0.2, 0) is 0 Å². The number of aromatic nitrogens is 1. The summed E-state index contributed by atoms with van der Waals surface area (Å²) in [6.07, 6.45) is 7.79. The maximum atomic E-state index is 4.29. The van der Waals surface area contributed by atoms with Crippen LogP contribution in [0.3, 0.4) is 0 Å². The molecule has 0 radical (unpaired) electrons. The molecule has 0 bridgehead atoms. The quantitative estimate of drug-likeness (QED) is 0.564. The summed E-state index contributed by atoms with van der Waals surface area (Å²) in [4.78, 5) is 4.29. The van der Waals surface area contributed by atoms with Crippen LogP contribution in [0.5, 0.6) is 0 Å². The minimum atomic E-state index is 0. The third-order valence-electron chi connectivity index (χ3n) is 4.13. The molecule has 2 aromatic carbocycles. The van der Waals surface area contributed by atoms with Crippen molar-refractivity contribution in [2.45, 2.75) is 25.3 Å². The number of nitrogens with one attached hydrogen (secondary N) is 1. The normalized spacial score (nSPS) is 14.8. The number of benzene rings is 2. The Balaban J connectivity index is 0.000000807. The van der Waals surface area contributed by atoms with Crippen molar-refractivity contribution in [3.8, 4) is 0 Å². The fraction of sp³-hybridized carbons (Fsp3) is 0.235. The number of nitrogens with zero attached hydrogens (tertiary/aromatic N) is 1. The standard InChI is InChI=1S/C17H16N2.Na.H/c1-2-7-14-12(4-1)10-17(19-13-5-3-6-13)15-8-9-18-11-16(14)15;;/h1-2,4,7-11,13,19H,3,5-6H2;;/q;+1;-1. The second-order valence-electron chi connectivity index (χ2n) is 5.34. The predicted molar refractivity (Wildman–Crippen MR) is 81.6 cm³/mol. The Morgan fingerprint density at radius 3 is 2.70 bits per heavy atom. The van der Waals surface area contributed by atoms with Crippen LogP contribution in [0.1, 0.15) is 20.7 Å². The van der Waals surface area contributed by atoms with E-state index in [2.05, 4.69) is 46.7 Å². The zero-order valence-electron chi connectivity index (χ0n) is 12.8. The van der Waals surface area contributed by atoms with Gasteiger partial charge in [-0.25, -0.2) is 0 Å². The summed E-state index contributed by atoms with van der Waals surface area (Å²) in [5.41, 5.74) is 1.25. The average Bonchev–Trinajstić information content (AvgIpc) is 2.43. The number of hydrogen-bond acceptors (Lipinski definition) is 2. The van der Waals surface area contributed by atoms with E-state index >= 15 is 0 Å². The van der Waals surface area contributed by atoms with Crippen molar-refractivity contribution >= 4 is 27.2 Å². The van der Waals surface area contributed by atoms with Crippen molar-refractivity contribution in [3.63, 3.8) is 0 Å². The molecule has 1 heterocycles. The number of rotatable bonds is 2. The van der Waals surface area contributed by atoms with Gasteiger partial charge in [0, 0.05) is 34.9 Å². The van der Waals surface area contributed by atoms with Gasteiger partial charge in [-0.1, -0.05) is 24.3 Å². The topological polar surface area (TPSA) is 24.9 Å². The molecule has 4 rings (SSSR count). The number of anilines is 1. The molecule has 0 aliphatic heterocycles. The number of fused-ring (bicyclic) bond motifs is 3. The van der Waals surface area contributed by atoms with Crippen molar-refractivity contribution in [3.05, 3.63) is 48.8 Å². The van der Waals surface area contributed by atoms with Crippen molar-refractivity contribution in [1.29, 1.82) is 0 Å². The van der Waals surface area contributed by atoms with Gasteiger partial charge in [-0.15, -0.1) is 0 Å². The first kappa shape index (κ1) is 13.9. The monoisotopic (exact) mass is 272 g/mol. The summed E-state index contributed by atoms with van der Waals surface area (Å²) in [7, 11) is 0. The first-order chi connectivity index (χ1) is 9.42. The minimum Gasteiger partial charge on any atom is -1.00 e. The van der Waals surface area contributed by atoms with E-state index in [1.807, 2.05) is 12.4 Å². The van der Waals surface area contributed by atoms with Crippen LogP contribution in [0.2, 0.25) is 0 Å². The Morgan fingerprint density at radius 1 is 1.05 bits per heavy atom. The molecular weight excluding hydrogens is 255 g/mol. The van der Waals surface area contributed by atoms with Gasteiger partial charge in [0.15, 0.2) is 0 Å². The Kier molecular flexibility index (Phi) is 3.97. The molecule has 2 nitrogen and oxygen atoms in total. The fourth-order valence-electron chi connectivity index (χ4n) is 2.84. The van der Waals surface area contributed by atoms with Crippen LogP contribution >= 0.6 is 0 Å². The molecule has 1 N–H and O–H groups in total. The summed E-state index contributed by atoms with van der Waals surface area (Å²) in [6.45, 7) is 0. The Labute approximate surface area is 142 Å². The summed E-state index contributed by atoms with van der Waals surface area (Å²) in [5.74, 6) is 0. The SMILES string of the molecule is [H-].[Na+].c1ccc2c(c1)cc(NC1CCC1)c1ccncc12. The van der Waals surface area contributed by atoms with E-state index < -0.39 is 0 Å². The zero-order valence-corrected chi connectivity index (χ0v) is 13.8. The molecule has 1 fully saturated rings. The molecule has 1 aromatic heterocycles. The third-order valence-corrected chi connectivity index (χ3v) is 4.13. The van der Waals surface area contributed by atoms with E-state index in [-0.39, 0.29) is 31.0 Å². The van der Waals surface area contributed by atoms with Crippen LogP contribution in [0.4, 0.5) is 5.69 Å². The molecular formula is C17H17N2Na. The van der Waals surface area contributed by atoms with Gasteiger partial charge < -0.3 is 6.74 Å². The molecule has 0 amide bonds. The number of hydrogen-bond donors (Lipinski definition) is 1. The van der Waals surface area contributed by atoms with E-state index in [4.69, 9.17) is 0 Å². The Morgan fingerprint density at radius 2 is 1.90 bits per heavy atom. The molecule has 0 atom stereocenters. The Bertz CT molecular complexity index is 756. The summed E-state index contributed by atoms with van der Waals surface area (Å²) < 4.78 is 0. The van der Waals surface area contributed by atoms with Gasteiger partial charge in [-0.2, -0.15) is 0 Å². The molecule has 3 aromatic rings. The average molecular weight is 272 g/mol. The fourth-order valence-corrected chi connectivity index (χ4v) is 2.84. The van der Waals surface area contributed by atoms with E-state index in [1.54, 1.807) is 0 Å². The van der Waals surface area contributed by atoms with Gasteiger partial charge in [0.25, 0.3) is 0 Å². The van der Waals surface area contributed by atoms with Gasteiger partial charge in [0.1, 0.15) is 0 Å². The molecule has 0 unspecified atom stereocenters. The van der Waals surface area contributed by atoms with Crippen molar-refractivity contribution in [2.75, 3.05) is 5.32 Å². The molecule has 1 aliphatic carbocycles. The zero-order chi connectivity index (χ0) is 12.7. The molecule has 1 saturated carbocycles. The van der Waals surface area contributed by atoms with Crippen LogP contribution in [-0.4, -0.2) is 11.0 Å². The summed E-state index contributed by atoms with van der Waals surface area (Å²) >= 11 is 0. The van der Waals surface area contributed by atoms with Crippen molar-refractivity contribution in [1.82, 2.24) is 4.98 Å². The predicted octanol–water partition coefficient (Wildman–Crippen LogP) is 1.47. The van der Waals surface area contributed by atoms with E-state index in [0.29, 0.717) is 6.04 Å². The van der Waals surface area contributed by atoms with Gasteiger partial charge >= 0.3 is 29.6 Å². The smallest absolute Gasteiger partial charge is 1.00 e. The van der Waals surface area contributed by atoms with E-state index in [9.17, 15) is 0 Å². The second kappa shape index (κ2) is 5.72. The molecule has 0 saturated heterocycles. The number of pyridine rings is 1. The minimum absolute atomic E-state index is 0. The van der Waals surface area contributed by atoms with E-state index in [0.717, 1.165) is 0 Å². The maximum Gasteiger partial charge on any atom is 1.00 e. The van der Waals surface area contributed by atoms with Crippen molar-refractivity contribution < 1.29 is 31.0 Å². The second-order valence-corrected chi connectivity index (χ2v) is 5.34. The molecule has 1 aliphatic rings.